The van der Waals surface area contributed by atoms with Crippen LogP contribution in [0.2, 0.25) is 0 Å². The maximum atomic E-state index is 12.7. The number of aryl methyl sites for hydroxylation is 1. The number of nitriles is 1. The molecule has 0 amide bonds. The average Bonchev–Trinajstić information content (AvgIpc) is 2.80. The molecule has 18 heavy (non-hydrogen) atoms. The van der Waals surface area contributed by atoms with Crippen molar-refractivity contribution in [2.45, 2.75) is 20.0 Å². The van der Waals surface area contributed by atoms with Gasteiger partial charge in [-0.3, -0.25) is 0 Å². The highest BCUT2D eigenvalue weighted by Crippen LogP contribution is 2.20. The van der Waals surface area contributed by atoms with E-state index in [-0.39, 0.29) is 5.82 Å². The first-order valence-corrected chi connectivity index (χ1v) is 6.31. The summed E-state index contributed by atoms with van der Waals surface area (Å²) in [6.07, 6.45) is 0.732. The van der Waals surface area contributed by atoms with E-state index in [1.807, 2.05) is 6.92 Å². The lowest BCUT2D eigenvalue weighted by atomic mass is 10.3. The van der Waals surface area contributed by atoms with Crippen LogP contribution >= 0.6 is 11.3 Å². The van der Waals surface area contributed by atoms with Gasteiger partial charge in [0.2, 0.25) is 0 Å². The average molecular weight is 262 g/mol. The molecule has 92 valence electrons. The van der Waals surface area contributed by atoms with Crippen molar-refractivity contribution in [3.63, 3.8) is 0 Å². The first-order chi connectivity index (χ1) is 8.72. The van der Waals surface area contributed by atoms with Crippen LogP contribution in [-0.2, 0) is 13.0 Å². The first kappa shape index (κ1) is 12.5. The third-order valence-electron chi connectivity index (χ3n) is 2.35. The summed E-state index contributed by atoms with van der Waals surface area (Å²) < 4.78 is 18.2. The monoisotopic (exact) mass is 262 g/mol. The molecule has 0 saturated carbocycles. The molecular formula is C13H11FN2OS. The topological polar surface area (TPSA) is 45.9 Å². The SMILES string of the molecule is CCc1nc(COc2ccc(F)cc2)sc1C#N. The van der Waals surface area contributed by atoms with Crippen LogP contribution in [0.4, 0.5) is 4.39 Å². The lowest BCUT2D eigenvalue weighted by Gasteiger charge is -2.02. The van der Waals surface area contributed by atoms with E-state index in [9.17, 15) is 4.39 Å². The molecule has 1 heterocycles. The van der Waals surface area contributed by atoms with Gasteiger partial charge < -0.3 is 4.74 Å². The maximum Gasteiger partial charge on any atom is 0.140 e. The van der Waals surface area contributed by atoms with Crippen LogP contribution in [0.25, 0.3) is 0 Å². The predicted octanol–water partition coefficient (Wildman–Crippen LogP) is 3.30. The largest absolute Gasteiger partial charge is 0.486 e. The fourth-order valence-corrected chi connectivity index (χ4v) is 2.33. The van der Waals surface area contributed by atoms with Crippen LogP contribution in [0.15, 0.2) is 24.3 Å². The Morgan fingerprint density at radius 2 is 2.11 bits per heavy atom. The summed E-state index contributed by atoms with van der Waals surface area (Å²) in [4.78, 5) is 4.96. The summed E-state index contributed by atoms with van der Waals surface area (Å²) >= 11 is 1.34. The Kier molecular flexibility index (Phi) is 3.90. The summed E-state index contributed by atoms with van der Waals surface area (Å²) in [5.74, 6) is 0.291. The fraction of sp³-hybridized carbons (Fsp3) is 0.231. The van der Waals surface area contributed by atoms with E-state index in [2.05, 4.69) is 11.1 Å². The van der Waals surface area contributed by atoms with Crippen molar-refractivity contribution in [1.82, 2.24) is 4.98 Å². The van der Waals surface area contributed by atoms with Gasteiger partial charge in [-0.05, 0) is 30.7 Å². The molecule has 3 nitrogen and oxygen atoms in total. The Morgan fingerprint density at radius 1 is 1.39 bits per heavy atom. The van der Waals surface area contributed by atoms with Crippen molar-refractivity contribution in [3.8, 4) is 11.8 Å². The zero-order valence-electron chi connectivity index (χ0n) is 9.81. The van der Waals surface area contributed by atoms with Gasteiger partial charge in [-0.2, -0.15) is 5.26 Å². The summed E-state index contributed by atoms with van der Waals surface area (Å²) in [5, 5.41) is 9.67. The number of hydrogen-bond acceptors (Lipinski definition) is 4. The van der Waals surface area contributed by atoms with E-state index >= 15 is 0 Å². The van der Waals surface area contributed by atoms with Crippen molar-refractivity contribution in [1.29, 1.82) is 5.26 Å². The van der Waals surface area contributed by atoms with Crippen molar-refractivity contribution in [2.24, 2.45) is 0 Å². The smallest absolute Gasteiger partial charge is 0.140 e. The van der Waals surface area contributed by atoms with Crippen LogP contribution in [0.1, 0.15) is 22.5 Å². The van der Waals surface area contributed by atoms with E-state index in [0.717, 1.165) is 17.1 Å². The lowest BCUT2D eigenvalue weighted by molar-refractivity contribution is 0.305. The number of aromatic nitrogens is 1. The van der Waals surface area contributed by atoms with Crippen molar-refractivity contribution >= 4 is 11.3 Å². The van der Waals surface area contributed by atoms with E-state index in [4.69, 9.17) is 10.00 Å². The number of benzene rings is 1. The van der Waals surface area contributed by atoms with Crippen molar-refractivity contribution in [3.05, 3.63) is 45.7 Å². The Hall–Kier alpha value is -1.93. The molecule has 0 fully saturated rings. The number of rotatable bonds is 4. The van der Waals surface area contributed by atoms with Crippen LogP contribution in [0.3, 0.4) is 0 Å². The highest BCUT2D eigenvalue weighted by molar-refractivity contribution is 7.12. The Morgan fingerprint density at radius 3 is 2.67 bits per heavy atom. The van der Waals surface area contributed by atoms with E-state index in [0.29, 0.717) is 17.2 Å². The van der Waals surface area contributed by atoms with Gasteiger partial charge in [0, 0.05) is 0 Å². The van der Waals surface area contributed by atoms with Crippen LogP contribution in [0, 0.1) is 17.1 Å². The van der Waals surface area contributed by atoms with Crippen LogP contribution in [-0.4, -0.2) is 4.98 Å². The highest BCUT2D eigenvalue weighted by atomic mass is 32.1. The van der Waals surface area contributed by atoms with Gasteiger partial charge in [0.05, 0.1) is 5.69 Å². The normalized spacial score (nSPS) is 10.1. The minimum absolute atomic E-state index is 0.295. The second-order valence-electron chi connectivity index (χ2n) is 3.59. The fourth-order valence-electron chi connectivity index (χ4n) is 1.47. The van der Waals surface area contributed by atoms with Gasteiger partial charge >= 0.3 is 0 Å². The quantitative estimate of drug-likeness (QED) is 0.849. The van der Waals surface area contributed by atoms with Gasteiger partial charge in [-0.1, -0.05) is 6.92 Å². The van der Waals surface area contributed by atoms with Gasteiger partial charge in [0.25, 0.3) is 0 Å². The van der Waals surface area contributed by atoms with Crippen molar-refractivity contribution < 1.29 is 9.13 Å². The molecule has 0 radical (unpaired) electrons. The predicted molar refractivity (Wildman–Crippen MR) is 66.9 cm³/mol. The molecule has 0 aliphatic heterocycles. The molecule has 1 aromatic heterocycles. The Bertz CT molecular complexity index is 572. The zero-order valence-corrected chi connectivity index (χ0v) is 10.6. The molecule has 0 spiro atoms. The number of ether oxygens (including phenoxy) is 1. The second-order valence-corrected chi connectivity index (χ2v) is 4.67. The molecule has 0 aliphatic rings. The summed E-state index contributed by atoms with van der Waals surface area (Å²) in [6, 6.07) is 7.94. The molecule has 0 N–H and O–H groups in total. The number of halogens is 1. The highest BCUT2D eigenvalue weighted by Gasteiger charge is 2.09. The molecule has 1 aromatic carbocycles. The third-order valence-corrected chi connectivity index (χ3v) is 3.33. The third kappa shape index (κ3) is 2.84. The number of thiazole rings is 1. The number of hydrogen-bond donors (Lipinski definition) is 0. The molecular weight excluding hydrogens is 251 g/mol. The molecule has 5 heteroatoms. The van der Waals surface area contributed by atoms with E-state index in [1.54, 1.807) is 12.1 Å². The molecule has 0 aliphatic carbocycles. The second kappa shape index (κ2) is 5.61. The lowest BCUT2D eigenvalue weighted by Crippen LogP contribution is -1.95. The van der Waals surface area contributed by atoms with E-state index in [1.165, 1.54) is 23.5 Å². The maximum absolute atomic E-state index is 12.7. The standard InChI is InChI=1S/C13H11FN2OS/c1-2-11-12(7-15)18-13(16-11)8-17-10-5-3-9(14)4-6-10/h3-6H,2,8H2,1H3. The summed E-state index contributed by atoms with van der Waals surface area (Å²) in [7, 11) is 0. The molecule has 2 rings (SSSR count). The minimum atomic E-state index is -0.295. The van der Waals surface area contributed by atoms with Crippen LogP contribution in [0.5, 0.6) is 5.75 Å². The van der Waals surface area contributed by atoms with Crippen molar-refractivity contribution in [2.75, 3.05) is 0 Å². The summed E-state index contributed by atoms with van der Waals surface area (Å²) in [5.41, 5.74) is 0.806. The van der Waals surface area contributed by atoms with Crippen LogP contribution < -0.4 is 4.74 Å². The van der Waals surface area contributed by atoms with Gasteiger partial charge in [0.1, 0.15) is 34.1 Å². The Balaban J connectivity index is 2.04. The van der Waals surface area contributed by atoms with Gasteiger partial charge in [-0.15, -0.1) is 11.3 Å². The van der Waals surface area contributed by atoms with Gasteiger partial charge in [-0.25, -0.2) is 9.37 Å². The van der Waals surface area contributed by atoms with Gasteiger partial charge in [0.15, 0.2) is 0 Å². The minimum Gasteiger partial charge on any atom is -0.486 e. The molecule has 0 unspecified atom stereocenters. The summed E-state index contributed by atoms with van der Waals surface area (Å²) in [6.45, 7) is 2.26. The molecule has 2 aromatic rings. The first-order valence-electron chi connectivity index (χ1n) is 5.50. The zero-order chi connectivity index (χ0) is 13.0. The molecule has 0 atom stereocenters. The Labute approximate surface area is 108 Å². The van der Waals surface area contributed by atoms with E-state index < -0.39 is 0 Å². The molecule has 0 bridgehead atoms. The number of nitrogens with zero attached hydrogens (tertiary/aromatic N) is 2. The molecule has 0 saturated heterocycles.